The van der Waals surface area contributed by atoms with Gasteiger partial charge in [0.2, 0.25) is 10.0 Å². The maximum atomic E-state index is 11.8. The van der Waals surface area contributed by atoms with Gasteiger partial charge in [0.05, 0.1) is 10.5 Å². The molecule has 0 radical (unpaired) electrons. The Labute approximate surface area is 108 Å². The highest BCUT2D eigenvalue weighted by atomic mass is 79.9. The summed E-state index contributed by atoms with van der Waals surface area (Å²) in [6.45, 7) is 2.16. The van der Waals surface area contributed by atoms with Gasteiger partial charge in [-0.1, -0.05) is 6.92 Å². The van der Waals surface area contributed by atoms with E-state index in [1.54, 1.807) is 0 Å². The van der Waals surface area contributed by atoms with E-state index in [4.69, 9.17) is 5.11 Å². The van der Waals surface area contributed by atoms with Crippen LogP contribution in [-0.2, 0) is 10.0 Å². The van der Waals surface area contributed by atoms with E-state index in [9.17, 15) is 13.2 Å². The van der Waals surface area contributed by atoms with E-state index in [-0.39, 0.29) is 10.5 Å². The Morgan fingerprint density at radius 2 is 2.12 bits per heavy atom. The van der Waals surface area contributed by atoms with Crippen molar-refractivity contribution in [3.63, 3.8) is 0 Å². The molecule has 0 saturated heterocycles. The Kier molecular flexibility index (Phi) is 4.67. The van der Waals surface area contributed by atoms with Crippen LogP contribution in [0.1, 0.15) is 23.7 Å². The fourth-order valence-electron chi connectivity index (χ4n) is 1.16. The lowest BCUT2D eigenvalue weighted by molar-refractivity contribution is 0.0695. The van der Waals surface area contributed by atoms with Crippen molar-refractivity contribution in [1.82, 2.24) is 4.72 Å². The zero-order valence-corrected chi connectivity index (χ0v) is 11.5. The predicted octanol–water partition coefficient (Wildman–Crippen LogP) is 1.84. The second-order valence-corrected chi connectivity index (χ2v) is 5.97. The summed E-state index contributed by atoms with van der Waals surface area (Å²) in [6.07, 6.45) is 0.668. The van der Waals surface area contributed by atoms with E-state index in [0.717, 1.165) is 6.07 Å². The molecule has 1 rings (SSSR count). The van der Waals surface area contributed by atoms with Gasteiger partial charge in [-0.2, -0.15) is 0 Å². The lowest BCUT2D eigenvalue weighted by Gasteiger charge is -2.07. The van der Waals surface area contributed by atoms with Crippen molar-refractivity contribution in [2.45, 2.75) is 18.2 Å². The van der Waals surface area contributed by atoms with Crippen LogP contribution >= 0.6 is 15.9 Å². The third-order valence-electron chi connectivity index (χ3n) is 2.02. The number of rotatable bonds is 5. The summed E-state index contributed by atoms with van der Waals surface area (Å²) in [4.78, 5) is 10.8. The van der Waals surface area contributed by atoms with Gasteiger partial charge in [0.25, 0.3) is 0 Å². The number of benzene rings is 1. The van der Waals surface area contributed by atoms with Crippen molar-refractivity contribution in [3.05, 3.63) is 28.2 Å². The first kappa shape index (κ1) is 14.1. The molecule has 0 saturated carbocycles. The van der Waals surface area contributed by atoms with Crippen LogP contribution in [-0.4, -0.2) is 26.0 Å². The quantitative estimate of drug-likeness (QED) is 0.866. The number of sulfonamides is 1. The fraction of sp³-hybridized carbons (Fsp3) is 0.300. The molecule has 0 aliphatic heterocycles. The minimum absolute atomic E-state index is 0.0495. The number of carbonyl (C=O) groups is 1. The Morgan fingerprint density at radius 3 is 2.65 bits per heavy atom. The summed E-state index contributed by atoms with van der Waals surface area (Å²) in [6, 6.07) is 3.89. The smallest absolute Gasteiger partial charge is 0.336 e. The molecule has 94 valence electrons. The van der Waals surface area contributed by atoms with E-state index in [0.29, 0.717) is 17.4 Å². The summed E-state index contributed by atoms with van der Waals surface area (Å²) in [5.74, 6) is -1.18. The molecule has 0 aliphatic carbocycles. The zero-order valence-electron chi connectivity index (χ0n) is 9.10. The first-order chi connectivity index (χ1) is 7.88. The molecule has 0 fully saturated rings. The summed E-state index contributed by atoms with van der Waals surface area (Å²) >= 11 is 3.05. The minimum atomic E-state index is -3.63. The Hall–Kier alpha value is -0.920. The molecule has 0 heterocycles. The zero-order chi connectivity index (χ0) is 13.1. The van der Waals surface area contributed by atoms with Gasteiger partial charge in [-0.3, -0.25) is 0 Å². The Bertz CT molecular complexity index is 527. The average molecular weight is 322 g/mol. The minimum Gasteiger partial charge on any atom is -0.478 e. The second kappa shape index (κ2) is 5.61. The van der Waals surface area contributed by atoms with Crippen LogP contribution < -0.4 is 4.72 Å². The number of hydrogen-bond acceptors (Lipinski definition) is 3. The molecule has 1 aromatic rings. The fourth-order valence-corrected chi connectivity index (χ4v) is 2.73. The van der Waals surface area contributed by atoms with Gasteiger partial charge in [0.1, 0.15) is 0 Å². The molecule has 0 unspecified atom stereocenters. The molecule has 7 heteroatoms. The van der Waals surface area contributed by atoms with Crippen molar-refractivity contribution in [1.29, 1.82) is 0 Å². The van der Waals surface area contributed by atoms with Crippen molar-refractivity contribution in [2.24, 2.45) is 0 Å². The highest BCUT2D eigenvalue weighted by Crippen LogP contribution is 2.20. The van der Waals surface area contributed by atoms with Crippen LogP contribution in [0.4, 0.5) is 0 Å². The van der Waals surface area contributed by atoms with Gasteiger partial charge in [0.15, 0.2) is 0 Å². The van der Waals surface area contributed by atoms with Gasteiger partial charge in [-0.15, -0.1) is 0 Å². The molecular weight excluding hydrogens is 310 g/mol. The molecular formula is C10H12BrNO4S. The number of halogens is 1. The molecule has 0 spiro atoms. The van der Waals surface area contributed by atoms with Gasteiger partial charge in [-0.05, 0) is 40.5 Å². The van der Waals surface area contributed by atoms with Gasteiger partial charge < -0.3 is 5.11 Å². The van der Waals surface area contributed by atoms with E-state index in [1.807, 2.05) is 6.92 Å². The lowest BCUT2D eigenvalue weighted by atomic mass is 10.2. The van der Waals surface area contributed by atoms with Crippen LogP contribution in [0, 0.1) is 0 Å². The molecule has 5 nitrogen and oxygen atoms in total. The van der Waals surface area contributed by atoms with E-state index in [1.165, 1.54) is 12.1 Å². The lowest BCUT2D eigenvalue weighted by Crippen LogP contribution is -2.24. The number of carboxylic acid groups (broad SMARTS) is 1. The average Bonchev–Trinajstić information content (AvgIpc) is 2.26. The van der Waals surface area contributed by atoms with Crippen LogP contribution in [0.25, 0.3) is 0 Å². The highest BCUT2D eigenvalue weighted by Gasteiger charge is 2.17. The first-order valence-corrected chi connectivity index (χ1v) is 7.18. The molecule has 17 heavy (non-hydrogen) atoms. The predicted molar refractivity (Wildman–Crippen MR) is 66.6 cm³/mol. The molecule has 2 N–H and O–H groups in total. The summed E-state index contributed by atoms with van der Waals surface area (Å²) in [5.41, 5.74) is -0.0793. The SMILES string of the molecule is CCCNS(=O)(=O)c1ccc(Br)c(C(=O)O)c1. The Balaban J connectivity index is 3.16. The van der Waals surface area contributed by atoms with Crippen molar-refractivity contribution in [2.75, 3.05) is 6.54 Å². The van der Waals surface area contributed by atoms with Crippen LogP contribution in [0.5, 0.6) is 0 Å². The van der Waals surface area contributed by atoms with Gasteiger partial charge >= 0.3 is 5.97 Å². The standard InChI is InChI=1S/C10H12BrNO4S/c1-2-5-12-17(15,16)7-3-4-9(11)8(6-7)10(13)14/h3-4,6,12H,2,5H2,1H3,(H,13,14). The van der Waals surface area contributed by atoms with Crippen LogP contribution in [0.15, 0.2) is 27.6 Å². The van der Waals surface area contributed by atoms with Crippen LogP contribution in [0.2, 0.25) is 0 Å². The maximum Gasteiger partial charge on any atom is 0.336 e. The third-order valence-corrected chi connectivity index (χ3v) is 4.17. The molecule has 0 atom stereocenters. The second-order valence-electron chi connectivity index (χ2n) is 3.34. The van der Waals surface area contributed by atoms with E-state index < -0.39 is 16.0 Å². The van der Waals surface area contributed by atoms with Crippen molar-refractivity contribution >= 4 is 31.9 Å². The molecule has 1 aromatic carbocycles. The summed E-state index contributed by atoms with van der Waals surface area (Å²) < 4.78 is 26.2. The van der Waals surface area contributed by atoms with Gasteiger partial charge in [0, 0.05) is 11.0 Å². The number of carboxylic acids is 1. The molecule has 0 amide bonds. The largest absolute Gasteiger partial charge is 0.478 e. The maximum absolute atomic E-state index is 11.8. The third kappa shape index (κ3) is 3.52. The summed E-state index contributed by atoms with van der Waals surface area (Å²) in [7, 11) is -3.63. The molecule has 0 aromatic heterocycles. The number of hydrogen-bond donors (Lipinski definition) is 2. The first-order valence-electron chi connectivity index (χ1n) is 4.91. The number of nitrogens with one attached hydrogen (secondary N) is 1. The topological polar surface area (TPSA) is 83.5 Å². The van der Waals surface area contributed by atoms with E-state index in [2.05, 4.69) is 20.7 Å². The van der Waals surface area contributed by atoms with Crippen molar-refractivity contribution in [3.8, 4) is 0 Å². The van der Waals surface area contributed by atoms with Crippen LogP contribution in [0.3, 0.4) is 0 Å². The summed E-state index contributed by atoms with van der Waals surface area (Å²) in [5, 5.41) is 8.89. The van der Waals surface area contributed by atoms with E-state index >= 15 is 0 Å². The molecule has 0 aliphatic rings. The monoisotopic (exact) mass is 321 g/mol. The highest BCUT2D eigenvalue weighted by molar-refractivity contribution is 9.10. The van der Waals surface area contributed by atoms with Crippen molar-refractivity contribution < 1.29 is 18.3 Å². The molecule has 0 bridgehead atoms. The Morgan fingerprint density at radius 1 is 1.47 bits per heavy atom. The van der Waals surface area contributed by atoms with Gasteiger partial charge in [-0.25, -0.2) is 17.9 Å². The number of aromatic carboxylic acids is 1. The normalized spacial score (nSPS) is 11.4.